The highest BCUT2D eigenvalue weighted by molar-refractivity contribution is 7.16. The molecule has 1 aromatic heterocycles. The van der Waals surface area contributed by atoms with Gasteiger partial charge in [0.05, 0.1) is 26.1 Å². The van der Waals surface area contributed by atoms with Crippen molar-refractivity contribution in [2.24, 2.45) is 0 Å². The second-order valence-corrected chi connectivity index (χ2v) is 14.3. The summed E-state index contributed by atoms with van der Waals surface area (Å²) in [6.45, 7) is 0.578. The van der Waals surface area contributed by atoms with Crippen LogP contribution >= 0.6 is 34.5 Å². The second kappa shape index (κ2) is 13.7. The number of anilines is 2. The maximum Gasteiger partial charge on any atom is 0.519 e. The lowest BCUT2D eigenvalue weighted by Gasteiger charge is -2.19. The van der Waals surface area contributed by atoms with Crippen molar-refractivity contribution in [3.05, 3.63) is 128 Å². The van der Waals surface area contributed by atoms with Gasteiger partial charge in [0.1, 0.15) is 17.2 Å². The van der Waals surface area contributed by atoms with E-state index in [2.05, 4.69) is 0 Å². The zero-order chi connectivity index (χ0) is 37.0. The lowest BCUT2D eigenvalue weighted by molar-refractivity contribution is -0.384. The fraction of sp³-hybridized carbons (Fsp3) is 0.154. The number of rotatable bonds is 7. The quantitative estimate of drug-likeness (QED) is 0.0558. The first-order valence-electron chi connectivity index (χ1n) is 16.5. The number of nitro benzene ring substituents is 1. The lowest BCUT2D eigenvalue weighted by atomic mass is 9.95. The molecule has 14 heteroatoms. The summed E-state index contributed by atoms with van der Waals surface area (Å²) in [4.78, 5) is 55.5. The molecule has 3 heterocycles. The third kappa shape index (κ3) is 5.98. The standard InChI is InChI=1S/C39H27Cl2N3O8S/c40-17-21-19-42(29-15-31(45)25-5-1-3-7-27(25)35(21)29)37(46)33-13-14-34(53-33)38(47)43-20-22(18-41)36-28-8-4-2-6-26(28)32(16-30(36)43)52-39(48)51-24-11-9-23(10-12-24)44(49)50/h1-16,21-22,45H,17-20H2/t21-,22-/m1/s1. The van der Waals surface area contributed by atoms with E-state index in [1.165, 1.54) is 24.3 Å². The Morgan fingerprint density at radius 1 is 0.736 bits per heavy atom. The van der Waals surface area contributed by atoms with Crippen molar-refractivity contribution >= 4 is 91.1 Å². The number of alkyl halides is 2. The minimum absolute atomic E-state index is 0.0499. The molecule has 0 bridgehead atoms. The predicted molar refractivity (Wildman–Crippen MR) is 204 cm³/mol. The molecule has 2 aliphatic rings. The highest BCUT2D eigenvalue weighted by Crippen LogP contribution is 2.48. The van der Waals surface area contributed by atoms with E-state index in [1.807, 2.05) is 36.4 Å². The number of ether oxygens (including phenoxy) is 2. The molecule has 0 saturated carbocycles. The first-order chi connectivity index (χ1) is 25.7. The topological polar surface area (TPSA) is 140 Å². The zero-order valence-electron chi connectivity index (χ0n) is 27.5. The van der Waals surface area contributed by atoms with Crippen LogP contribution in [0.15, 0.2) is 97.1 Å². The predicted octanol–water partition coefficient (Wildman–Crippen LogP) is 9.21. The van der Waals surface area contributed by atoms with Gasteiger partial charge in [0, 0.05) is 71.7 Å². The van der Waals surface area contributed by atoms with Crippen LogP contribution in [0.4, 0.5) is 21.9 Å². The molecule has 5 aromatic carbocycles. The maximum atomic E-state index is 14.2. The number of carbonyl (C=O) groups is 3. The Bertz CT molecular complexity index is 2490. The maximum absolute atomic E-state index is 14.2. The van der Waals surface area contributed by atoms with Crippen LogP contribution in [0.5, 0.6) is 17.2 Å². The molecule has 1 N–H and O–H groups in total. The van der Waals surface area contributed by atoms with Crippen molar-refractivity contribution in [3.8, 4) is 17.2 Å². The Kier molecular flexibility index (Phi) is 8.89. The number of hydrogen-bond acceptors (Lipinski definition) is 9. The van der Waals surface area contributed by atoms with Gasteiger partial charge >= 0.3 is 6.16 Å². The first-order valence-corrected chi connectivity index (χ1v) is 18.3. The van der Waals surface area contributed by atoms with E-state index in [9.17, 15) is 29.6 Å². The number of benzene rings is 5. The molecule has 0 saturated heterocycles. The molecule has 2 aliphatic heterocycles. The van der Waals surface area contributed by atoms with Gasteiger partial charge in [-0.25, -0.2) is 4.79 Å². The van der Waals surface area contributed by atoms with Crippen molar-refractivity contribution in [2.45, 2.75) is 11.8 Å². The van der Waals surface area contributed by atoms with Crippen LogP contribution in [-0.4, -0.2) is 52.8 Å². The van der Waals surface area contributed by atoms with Gasteiger partial charge in [0.2, 0.25) is 0 Å². The lowest BCUT2D eigenvalue weighted by Crippen LogP contribution is -2.30. The molecule has 2 atom stereocenters. The highest BCUT2D eigenvalue weighted by Gasteiger charge is 2.38. The molecule has 11 nitrogen and oxygen atoms in total. The number of phenolic OH excluding ortho intramolecular Hbond substituents is 1. The number of nitrogens with zero attached hydrogens (tertiary/aromatic N) is 3. The molecule has 0 spiro atoms. The van der Waals surface area contributed by atoms with Gasteiger partial charge in [0.15, 0.2) is 0 Å². The molecule has 0 radical (unpaired) electrons. The van der Waals surface area contributed by atoms with Gasteiger partial charge in [-0.1, -0.05) is 48.5 Å². The van der Waals surface area contributed by atoms with Crippen LogP contribution in [0.25, 0.3) is 21.5 Å². The summed E-state index contributed by atoms with van der Waals surface area (Å²) in [5.74, 6) is -0.306. The number of halogens is 2. The van der Waals surface area contributed by atoms with Crippen LogP contribution in [0.3, 0.4) is 0 Å². The van der Waals surface area contributed by atoms with Crippen molar-refractivity contribution < 1.29 is 33.9 Å². The average Bonchev–Trinajstić information content (AvgIpc) is 3.91. The number of amides is 2. The third-order valence-corrected chi connectivity index (χ3v) is 11.4. The van der Waals surface area contributed by atoms with Crippen LogP contribution in [0, 0.1) is 10.1 Å². The van der Waals surface area contributed by atoms with Crippen molar-refractivity contribution in [1.29, 1.82) is 0 Å². The van der Waals surface area contributed by atoms with E-state index in [0.717, 1.165) is 33.2 Å². The molecule has 8 rings (SSSR count). The van der Waals surface area contributed by atoms with Gasteiger partial charge in [-0.2, -0.15) is 0 Å². The van der Waals surface area contributed by atoms with E-state index < -0.39 is 11.1 Å². The van der Waals surface area contributed by atoms with Crippen LogP contribution in [0.2, 0.25) is 0 Å². The summed E-state index contributed by atoms with van der Waals surface area (Å²) in [6, 6.07) is 26.2. The first kappa shape index (κ1) is 34.4. The van der Waals surface area contributed by atoms with Crippen molar-refractivity contribution in [1.82, 2.24) is 0 Å². The van der Waals surface area contributed by atoms with Crippen molar-refractivity contribution in [3.63, 3.8) is 0 Å². The van der Waals surface area contributed by atoms with E-state index in [0.29, 0.717) is 38.4 Å². The van der Waals surface area contributed by atoms with Gasteiger partial charge in [-0.3, -0.25) is 19.7 Å². The zero-order valence-corrected chi connectivity index (χ0v) is 29.9. The van der Waals surface area contributed by atoms with Crippen LogP contribution in [0.1, 0.15) is 42.3 Å². The summed E-state index contributed by atoms with van der Waals surface area (Å²) < 4.78 is 11.0. The average molecular weight is 769 g/mol. The Morgan fingerprint density at radius 3 is 1.79 bits per heavy atom. The molecule has 0 unspecified atom stereocenters. The normalized spacial score (nSPS) is 16.1. The Morgan fingerprint density at radius 2 is 1.25 bits per heavy atom. The van der Waals surface area contributed by atoms with E-state index in [4.69, 9.17) is 32.7 Å². The SMILES string of the molecule is O=C(Oc1ccc([N+](=O)[O-])cc1)Oc1cc2c(c3ccccc13)[C@H](CCl)CN2C(=O)c1ccc(C(=O)N2C[C@@H](CCl)c3c2cc(O)c2ccccc32)s1. The van der Waals surface area contributed by atoms with Gasteiger partial charge in [-0.15, -0.1) is 34.5 Å². The minimum Gasteiger partial charge on any atom is -0.507 e. The number of hydrogen-bond donors (Lipinski definition) is 1. The molecule has 266 valence electrons. The number of non-ortho nitro benzene ring substituents is 1. The number of phenols is 1. The van der Waals surface area contributed by atoms with E-state index in [-0.39, 0.29) is 64.9 Å². The van der Waals surface area contributed by atoms with Crippen molar-refractivity contribution in [2.75, 3.05) is 34.6 Å². The molecule has 0 fully saturated rings. The minimum atomic E-state index is -1.07. The van der Waals surface area contributed by atoms with E-state index in [1.54, 1.807) is 46.2 Å². The number of thiophene rings is 1. The number of carbonyl (C=O) groups excluding carboxylic acids is 3. The molecular formula is C39H27Cl2N3O8S. The van der Waals surface area contributed by atoms with Gasteiger partial charge in [-0.05, 0) is 46.2 Å². The summed E-state index contributed by atoms with van der Waals surface area (Å²) in [5, 5.41) is 24.7. The van der Waals surface area contributed by atoms with Crippen LogP contribution < -0.4 is 19.3 Å². The Labute approximate surface area is 315 Å². The molecule has 2 amide bonds. The highest BCUT2D eigenvalue weighted by atomic mass is 35.5. The Balaban J connectivity index is 1.09. The largest absolute Gasteiger partial charge is 0.519 e. The fourth-order valence-corrected chi connectivity index (χ4v) is 8.64. The van der Waals surface area contributed by atoms with Crippen LogP contribution in [-0.2, 0) is 0 Å². The summed E-state index contributed by atoms with van der Waals surface area (Å²) >= 11 is 13.9. The summed E-state index contributed by atoms with van der Waals surface area (Å²) in [5.41, 5.74) is 2.65. The number of fused-ring (bicyclic) bond motifs is 6. The third-order valence-electron chi connectivity index (χ3n) is 9.61. The fourth-order valence-electron chi connectivity index (χ4n) is 7.24. The van der Waals surface area contributed by atoms with Gasteiger partial charge < -0.3 is 24.4 Å². The summed E-state index contributed by atoms with van der Waals surface area (Å²) in [7, 11) is 0. The van der Waals surface area contributed by atoms with E-state index >= 15 is 0 Å². The smallest absolute Gasteiger partial charge is 0.507 e. The monoisotopic (exact) mass is 767 g/mol. The molecular weight excluding hydrogens is 741 g/mol. The molecule has 6 aromatic rings. The molecule has 53 heavy (non-hydrogen) atoms. The second-order valence-electron chi connectivity index (χ2n) is 12.6. The Hall–Kier alpha value is -5.69. The summed E-state index contributed by atoms with van der Waals surface area (Å²) in [6.07, 6.45) is -1.07. The number of aromatic hydroxyl groups is 1. The number of nitro groups is 1. The molecule has 0 aliphatic carbocycles. The van der Waals surface area contributed by atoms with Gasteiger partial charge in [0.25, 0.3) is 17.5 Å².